The smallest absolute Gasteiger partial charge is 0.251 e. The van der Waals surface area contributed by atoms with Gasteiger partial charge in [0.05, 0.1) is 12.1 Å². The van der Waals surface area contributed by atoms with E-state index in [1.807, 2.05) is 6.07 Å². The van der Waals surface area contributed by atoms with Crippen LogP contribution in [0.2, 0.25) is 0 Å². The number of amides is 1. The summed E-state index contributed by atoms with van der Waals surface area (Å²) in [5.41, 5.74) is 1.25. The molecule has 0 spiro atoms. The van der Waals surface area contributed by atoms with Crippen molar-refractivity contribution in [1.29, 1.82) is 0 Å². The quantitative estimate of drug-likeness (QED) is 0.778. The summed E-state index contributed by atoms with van der Waals surface area (Å²) < 4.78 is 0. The van der Waals surface area contributed by atoms with Crippen molar-refractivity contribution in [2.24, 2.45) is 0 Å². The molecule has 0 saturated heterocycles. The second-order valence-electron chi connectivity index (χ2n) is 5.25. The molecule has 1 aromatic heterocycles. The molecule has 110 valence electrons. The number of aromatic nitrogens is 4. The van der Waals surface area contributed by atoms with Crippen molar-refractivity contribution in [2.75, 3.05) is 0 Å². The maximum atomic E-state index is 12.3. The van der Waals surface area contributed by atoms with E-state index in [-0.39, 0.29) is 11.9 Å². The lowest BCUT2D eigenvalue weighted by Crippen LogP contribution is -2.45. The Morgan fingerprint density at radius 1 is 1.33 bits per heavy atom. The van der Waals surface area contributed by atoms with E-state index < -0.39 is 6.10 Å². The van der Waals surface area contributed by atoms with Gasteiger partial charge in [-0.3, -0.25) is 4.79 Å². The fourth-order valence-electron chi connectivity index (χ4n) is 2.61. The zero-order chi connectivity index (χ0) is 14.7. The molecule has 1 aromatic carbocycles. The van der Waals surface area contributed by atoms with Gasteiger partial charge in [0.25, 0.3) is 5.91 Å². The van der Waals surface area contributed by atoms with E-state index in [9.17, 15) is 9.90 Å². The fraction of sp³-hybridized carbons (Fsp3) is 0.429. The van der Waals surface area contributed by atoms with E-state index in [2.05, 4.69) is 25.9 Å². The number of hydrogen-bond donors (Lipinski definition) is 3. The minimum Gasteiger partial charge on any atom is -0.391 e. The molecule has 1 aliphatic carbocycles. The number of rotatable bonds is 3. The molecule has 1 fully saturated rings. The van der Waals surface area contributed by atoms with Crippen LogP contribution in [0.15, 0.2) is 24.3 Å². The molecule has 2 atom stereocenters. The number of tetrazole rings is 1. The van der Waals surface area contributed by atoms with Crippen LogP contribution in [0.3, 0.4) is 0 Å². The molecule has 1 saturated carbocycles. The van der Waals surface area contributed by atoms with Crippen molar-refractivity contribution in [3.63, 3.8) is 0 Å². The Kier molecular flexibility index (Phi) is 3.92. The molecule has 0 aliphatic heterocycles. The molecule has 3 rings (SSSR count). The molecule has 1 heterocycles. The highest BCUT2D eigenvalue weighted by molar-refractivity contribution is 5.95. The first kappa shape index (κ1) is 13.7. The topological polar surface area (TPSA) is 104 Å². The molecule has 2 aromatic rings. The Balaban J connectivity index is 1.74. The number of nitrogens with zero attached hydrogens (tertiary/aromatic N) is 3. The van der Waals surface area contributed by atoms with Gasteiger partial charge in [-0.25, -0.2) is 0 Å². The molecule has 1 aliphatic rings. The Bertz CT molecular complexity index is 614. The van der Waals surface area contributed by atoms with Crippen molar-refractivity contribution in [3.05, 3.63) is 29.8 Å². The van der Waals surface area contributed by atoms with Crippen LogP contribution in [-0.2, 0) is 0 Å². The second-order valence-corrected chi connectivity index (χ2v) is 5.25. The van der Waals surface area contributed by atoms with Crippen LogP contribution in [0.5, 0.6) is 0 Å². The van der Waals surface area contributed by atoms with Gasteiger partial charge in [0.15, 0.2) is 0 Å². The van der Waals surface area contributed by atoms with E-state index in [1.165, 1.54) is 0 Å². The number of carbonyl (C=O) groups is 1. The maximum Gasteiger partial charge on any atom is 0.251 e. The van der Waals surface area contributed by atoms with Crippen molar-refractivity contribution >= 4 is 5.91 Å². The molecule has 1 amide bonds. The fourth-order valence-corrected chi connectivity index (χ4v) is 2.61. The summed E-state index contributed by atoms with van der Waals surface area (Å²) >= 11 is 0. The van der Waals surface area contributed by atoms with Crippen molar-refractivity contribution < 1.29 is 9.90 Å². The summed E-state index contributed by atoms with van der Waals surface area (Å²) in [4.78, 5) is 12.3. The highest BCUT2D eigenvalue weighted by Crippen LogP contribution is 2.19. The second kappa shape index (κ2) is 6.01. The van der Waals surface area contributed by atoms with Gasteiger partial charge in [-0.15, -0.1) is 10.2 Å². The van der Waals surface area contributed by atoms with Gasteiger partial charge in [-0.2, -0.15) is 5.21 Å². The first-order valence-corrected chi connectivity index (χ1v) is 7.07. The number of H-pyrrole nitrogens is 1. The molecule has 0 bridgehead atoms. The van der Waals surface area contributed by atoms with E-state index in [1.54, 1.807) is 18.2 Å². The normalized spacial score (nSPS) is 22.0. The van der Waals surface area contributed by atoms with E-state index in [0.29, 0.717) is 11.4 Å². The first-order valence-electron chi connectivity index (χ1n) is 7.07. The Morgan fingerprint density at radius 3 is 2.95 bits per heavy atom. The van der Waals surface area contributed by atoms with Crippen LogP contribution in [0, 0.1) is 0 Å². The van der Waals surface area contributed by atoms with Crippen LogP contribution in [0.4, 0.5) is 0 Å². The van der Waals surface area contributed by atoms with Gasteiger partial charge in [0.1, 0.15) is 0 Å². The Morgan fingerprint density at radius 2 is 2.19 bits per heavy atom. The predicted octanol–water partition coefficient (Wildman–Crippen LogP) is 0.900. The predicted molar refractivity (Wildman–Crippen MR) is 75.3 cm³/mol. The zero-order valence-corrected chi connectivity index (χ0v) is 11.5. The number of aromatic amines is 1. The van der Waals surface area contributed by atoms with E-state index in [4.69, 9.17) is 0 Å². The number of aliphatic hydroxyl groups excluding tert-OH is 1. The molecule has 7 nitrogen and oxygen atoms in total. The number of carbonyl (C=O) groups excluding carboxylic acids is 1. The van der Waals surface area contributed by atoms with Gasteiger partial charge in [0.2, 0.25) is 5.82 Å². The van der Waals surface area contributed by atoms with Crippen molar-refractivity contribution in [1.82, 2.24) is 25.9 Å². The molecular formula is C14H17N5O2. The highest BCUT2D eigenvalue weighted by atomic mass is 16.3. The van der Waals surface area contributed by atoms with Gasteiger partial charge >= 0.3 is 0 Å². The molecule has 7 heteroatoms. The average molecular weight is 287 g/mol. The maximum absolute atomic E-state index is 12.3. The molecule has 3 N–H and O–H groups in total. The summed E-state index contributed by atoms with van der Waals surface area (Å²) in [5, 5.41) is 26.5. The third-order valence-corrected chi connectivity index (χ3v) is 3.77. The van der Waals surface area contributed by atoms with Gasteiger partial charge in [-0.05, 0) is 30.2 Å². The van der Waals surface area contributed by atoms with Crippen LogP contribution in [0.25, 0.3) is 11.4 Å². The third-order valence-electron chi connectivity index (χ3n) is 3.77. The molecular weight excluding hydrogens is 270 g/mol. The van der Waals surface area contributed by atoms with Crippen molar-refractivity contribution in [2.45, 2.75) is 37.8 Å². The number of hydrogen-bond acceptors (Lipinski definition) is 5. The molecule has 21 heavy (non-hydrogen) atoms. The summed E-state index contributed by atoms with van der Waals surface area (Å²) in [6, 6.07) is 6.87. The Hall–Kier alpha value is -2.28. The lowest BCUT2D eigenvalue weighted by molar-refractivity contribution is 0.0717. The summed E-state index contributed by atoms with van der Waals surface area (Å²) in [7, 11) is 0. The standard InChI is InChI=1S/C14H17N5O2/c20-12-7-2-1-6-11(12)15-14(21)10-5-3-4-9(8-10)13-16-18-19-17-13/h3-5,8,11-12,20H,1-2,6-7H2,(H,15,21)(H,16,17,18,19). The Labute approximate surface area is 121 Å². The SMILES string of the molecule is O=C(NC1CCCCC1O)c1cccc(-c2nn[nH]n2)c1. The van der Waals surface area contributed by atoms with Gasteiger partial charge in [0, 0.05) is 11.1 Å². The lowest BCUT2D eigenvalue weighted by Gasteiger charge is -2.28. The summed E-state index contributed by atoms with van der Waals surface area (Å²) in [5.74, 6) is 0.258. The summed E-state index contributed by atoms with van der Waals surface area (Å²) in [6.07, 6.45) is 3.15. The van der Waals surface area contributed by atoms with Crippen LogP contribution in [-0.4, -0.2) is 43.8 Å². The number of aliphatic hydroxyl groups is 1. The first-order chi connectivity index (χ1) is 10.2. The summed E-state index contributed by atoms with van der Waals surface area (Å²) in [6.45, 7) is 0. The minimum absolute atomic E-state index is 0.167. The molecule has 2 unspecified atom stereocenters. The third kappa shape index (κ3) is 3.08. The van der Waals surface area contributed by atoms with Gasteiger partial charge < -0.3 is 10.4 Å². The number of nitrogens with one attached hydrogen (secondary N) is 2. The van der Waals surface area contributed by atoms with Crippen LogP contribution in [0.1, 0.15) is 36.0 Å². The molecule has 0 radical (unpaired) electrons. The largest absolute Gasteiger partial charge is 0.391 e. The van der Waals surface area contributed by atoms with Crippen molar-refractivity contribution in [3.8, 4) is 11.4 Å². The lowest BCUT2D eigenvalue weighted by atomic mass is 9.92. The van der Waals surface area contributed by atoms with Gasteiger partial charge in [-0.1, -0.05) is 25.0 Å². The van der Waals surface area contributed by atoms with Crippen LogP contribution >= 0.6 is 0 Å². The van der Waals surface area contributed by atoms with E-state index >= 15 is 0 Å². The van der Waals surface area contributed by atoms with E-state index in [0.717, 1.165) is 31.2 Å². The van der Waals surface area contributed by atoms with Crippen LogP contribution < -0.4 is 5.32 Å². The monoisotopic (exact) mass is 287 g/mol. The highest BCUT2D eigenvalue weighted by Gasteiger charge is 2.24. The zero-order valence-electron chi connectivity index (χ0n) is 11.5. The number of benzene rings is 1. The minimum atomic E-state index is -0.455. The average Bonchev–Trinajstić information content (AvgIpc) is 3.04.